The number of ether oxygens (including phenoxy) is 2. The van der Waals surface area contributed by atoms with Crippen molar-refractivity contribution in [3.8, 4) is 11.5 Å². The van der Waals surface area contributed by atoms with Gasteiger partial charge in [-0.1, -0.05) is 53.0 Å². The third-order valence-electron chi connectivity index (χ3n) is 3.81. The molecule has 3 heteroatoms. The summed E-state index contributed by atoms with van der Waals surface area (Å²) < 4.78 is 11.1. The van der Waals surface area contributed by atoms with Crippen molar-refractivity contribution in [3.63, 3.8) is 0 Å². The van der Waals surface area contributed by atoms with Crippen molar-refractivity contribution in [3.05, 3.63) is 23.8 Å². The van der Waals surface area contributed by atoms with E-state index in [4.69, 9.17) is 9.47 Å². The highest BCUT2D eigenvalue weighted by atomic mass is 16.6. The molecule has 3 nitrogen and oxygen atoms in total. The predicted molar refractivity (Wildman–Crippen MR) is 93.8 cm³/mol. The minimum Gasteiger partial charge on any atom is -0.486 e. The van der Waals surface area contributed by atoms with Gasteiger partial charge in [0.2, 0.25) is 0 Å². The molecule has 1 aromatic carbocycles. The van der Waals surface area contributed by atoms with Crippen LogP contribution in [0, 0.1) is 0 Å². The van der Waals surface area contributed by atoms with E-state index < -0.39 is 0 Å². The van der Waals surface area contributed by atoms with Crippen LogP contribution < -0.4 is 14.8 Å². The fraction of sp³-hybridized carbons (Fsp3) is 0.684. The lowest BCUT2D eigenvalue weighted by Gasteiger charge is -2.23. The van der Waals surface area contributed by atoms with Gasteiger partial charge in [0.25, 0.3) is 0 Å². The Morgan fingerprint density at radius 3 is 2.23 bits per heavy atom. The fourth-order valence-corrected chi connectivity index (χ4v) is 2.77. The highest BCUT2D eigenvalue weighted by Crippen LogP contribution is 2.30. The predicted octanol–water partition coefficient (Wildman–Crippen LogP) is 4.93. The summed E-state index contributed by atoms with van der Waals surface area (Å²) in [6, 6.07) is 6.95. The maximum Gasteiger partial charge on any atom is 0.161 e. The van der Waals surface area contributed by atoms with Crippen LogP contribution in [0.5, 0.6) is 11.5 Å². The largest absolute Gasteiger partial charge is 0.486 e. The first-order valence-electron chi connectivity index (χ1n) is 9.04. The molecule has 1 aliphatic carbocycles. The van der Waals surface area contributed by atoms with E-state index in [0.717, 1.165) is 18.0 Å². The van der Waals surface area contributed by atoms with E-state index in [1.54, 1.807) is 0 Å². The van der Waals surface area contributed by atoms with Crippen LogP contribution in [-0.4, -0.2) is 19.3 Å². The van der Waals surface area contributed by atoms with Gasteiger partial charge in [-0.05, 0) is 30.5 Å². The second-order valence-electron chi connectivity index (χ2n) is 5.19. The molecule has 0 amide bonds. The molecule has 126 valence electrons. The maximum absolute atomic E-state index is 5.60. The molecule has 0 radical (unpaired) electrons. The number of fused-ring (bicyclic) bond motifs is 1. The molecule has 0 aromatic heterocycles. The Morgan fingerprint density at radius 1 is 0.909 bits per heavy atom. The molecular weight excluding hydrogens is 274 g/mol. The second kappa shape index (κ2) is 11.4. The molecule has 1 fully saturated rings. The smallest absolute Gasteiger partial charge is 0.161 e. The van der Waals surface area contributed by atoms with Crippen molar-refractivity contribution in [2.24, 2.45) is 0 Å². The van der Waals surface area contributed by atoms with Crippen molar-refractivity contribution in [2.45, 2.75) is 72.4 Å². The average molecular weight is 307 g/mol. The van der Waals surface area contributed by atoms with E-state index in [1.807, 2.05) is 33.8 Å². The van der Waals surface area contributed by atoms with Crippen molar-refractivity contribution in [1.29, 1.82) is 0 Å². The van der Waals surface area contributed by atoms with Gasteiger partial charge in [-0.2, -0.15) is 0 Å². The molecule has 22 heavy (non-hydrogen) atoms. The van der Waals surface area contributed by atoms with Crippen molar-refractivity contribution >= 4 is 0 Å². The van der Waals surface area contributed by atoms with Crippen molar-refractivity contribution < 1.29 is 9.47 Å². The molecule has 3 rings (SSSR count). The first kappa shape index (κ1) is 18.8. The van der Waals surface area contributed by atoms with Crippen LogP contribution >= 0.6 is 0 Å². The van der Waals surface area contributed by atoms with Gasteiger partial charge < -0.3 is 14.8 Å². The molecular formula is C19H33NO2. The van der Waals surface area contributed by atoms with Gasteiger partial charge in [-0.15, -0.1) is 0 Å². The molecule has 1 heterocycles. The van der Waals surface area contributed by atoms with Crippen LogP contribution in [0.2, 0.25) is 0 Å². The van der Waals surface area contributed by atoms with Crippen LogP contribution in [0.4, 0.5) is 0 Å². The monoisotopic (exact) mass is 307 g/mol. The van der Waals surface area contributed by atoms with Gasteiger partial charge >= 0.3 is 0 Å². The fourth-order valence-electron chi connectivity index (χ4n) is 2.77. The number of benzene rings is 1. The quantitative estimate of drug-likeness (QED) is 0.858. The van der Waals surface area contributed by atoms with Crippen LogP contribution in [0.15, 0.2) is 18.2 Å². The SMILES string of the molecule is CC.CC.c1cc2c(cc1CNC1CCCCC1)OCCO2. The maximum atomic E-state index is 5.60. The summed E-state index contributed by atoms with van der Waals surface area (Å²) in [6.07, 6.45) is 6.80. The van der Waals surface area contributed by atoms with Crippen molar-refractivity contribution in [2.75, 3.05) is 13.2 Å². The summed E-state index contributed by atoms with van der Waals surface area (Å²) in [7, 11) is 0. The van der Waals surface area contributed by atoms with Crippen LogP contribution in [0.1, 0.15) is 65.4 Å². The molecule has 0 saturated heterocycles. The minimum absolute atomic E-state index is 0.659. The minimum atomic E-state index is 0.659. The Bertz CT molecular complexity index is 400. The Kier molecular flexibility index (Phi) is 9.72. The zero-order valence-corrected chi connectivity index (χ0v) is 14.8. The Labute approximate surface area is 136 Å². The van der Waals surface area contributed by atoms with Gasteiger partial charge in [0.1, 0.15) is 13.2 Å². The topological polar surface area (TPSA) is 30.5 Å². The van der Waals surface area contributed by atoms with E-state index in [1.165, 1.54) is 37.7 Å². The number of hydrogen-bond donors (Lipinski definition) is 1. The van der Waals surface area contributed by atoms with Gasteiger partial charge in [0.05, 0.1) is 0 Å². The third kappa shape index (κ3) is 5.88. The summed E-state index contributed by atoms with van der Waals surface area (Å²) in [4.78, 5) is 0. The van der Waals surface area contributed by atoms with E-state index in [2.05, 4.69) is 17.4 Å². The number of hydrogen-bond acceptors (Lipinski definition) is 3. The molecule has 2 aliphatic rings. The second-order valence-corrected chi connectivity index (χ2v) is 5.19. The summed E-state index contributed by atoms with van der Waals surface area (Å²) >= 11 is 0. The lowest BCUT2D eigenvalue weighted by Crippen LogP contribution is -2.30. The molecule has 0 spiro atoms. The Morgan fingerprint density at radius 2 is 1.55 bits per heavy atom. The highest BCUT2D eigenvalue weighted by molar-refractivity contribution is 5.43. The zero-order chi connectivity index (χ0) is 16.2. The lowest BCUT2D eigenvalue weighted by atomic mass is 9.95. The number of nitrogens with one attached hydrogen (secondary N) is 1. The average Bonchev–Trinajstić information content (AvgIpc) is 2.64. The van der Waals surface area contributed by atoms with Crippen LogP contribution in [0.25, 0.3) is 0 Å². The zero-order valence-electron chi connectivity index (χ0n) is 14.8. The van der Waals surface area contributed by atoms with E-state index in [0.29, 0.717) is 19.3 Å². The molecule has 0 bridgehead atoms. The van der Waals surface area contributed by atoms with E-state index in [-0.39, 0.29) is 0 Å². The summed E-state index contributed by atoms with van der Waals surface area (Å²) in [5.41, 5.74) is 1.28. The standard InChI is InChI=1S/C15H21NO2.2C2H6/c1-2-4-13(5-3-1)16-11-12-6-7-14-15(10-12)18-9-8-17-14;2*1-2/h6-7,10,13,16H,1-5,8-9,11H2;2*1-2H3. The lowest BCUT2D eigenvalue weighted by molar-refractivity contribution is 0.171. The molecule has 0 unspecified atom stereocenters. The molecule has 0 atom stereocenters. The number of rotatable bonds is 3. The summed E-state index contributed by atoms with van der Waals surface area (Å²) in [5.74, 6) is 1.77. The first-order valence-corrected chi connectivity index (χ1v) is 9.04. The normalized spacial score (nSPS) is 16.7. The molecule has 1 saturated carbocycles. The van der Waals surface area contributed by atoms with Crippen molar-refractivity contribution in [1.82, 2.24) is 5.32 Å². The van der Waals surface area contributed by atoms with E-state index >= 15 is 0 Å². The van der Waals surface area contributed by atoms with Gasteiger partial charge in [-0.25, -0.2) is 0 Å². The third-order valence-corrected chi connectivity index (χ3v) is 3.81. The van der Waals surface area contributed by atoms with Gasteiger partial charge in [0, 0.05) is 12.6 Å². The van der Waals surface area contributed by atoms with E-state index in [9.17, 15) is 0 Å². The van der Waals surface area contributed by atoms with Crippen LogP contribution in [0.3, 0.4) is 0 Å². The van der Waals surface area contributed by atoms with Gasteiger partial charge in [-0.3, -0.25) is 0 Å². The van der Waals surface area contributed by atoms with Gasteiger partial charge in [0.15, 0.2) is 11.5 Å². The molecule has 1 aliphatic heterocycles. The van der Waals surface area contributed by atoms with Crippen LogP contribution in [-0.2, 0) is 6.54 Å². The Hall–Kier alpha value is -1.22. The Balaban J connectivity index is 0.000000561. The highest BCUT2D eigenvalue weighted by Gasteiger charge is 2.14. The summed E-state index contributed by atoms with van der Waals surface area (Å²) in [6.45, 7) is 10.3. The molecule has 1 N–H and O–H groups in total. The first-order chi connectivity index (χ1) is 10.9. The summed E-state index contributed by atoms with van der Waals surface area (Å²) in [5, 5.41) is 3.65. The molecule has 1 aromatic rings.